The van der Waals surface area contributed by atoms with Gasteiger partial charge in [0.25, 0.3) is 5.91 Å². The molecule has 29 heavy (non-hydrogen) atoms. The second-order valence-electron chi connectivity index (χ2n) is 5.75. The lowest BCUT2D eigenvalue weighted by molar-refractivity contribution is -0.135. The maximum absolute atomic E-state index is 11.8. The van der Waals surface area contributed by atoms with Crippen molar-refractivity contribution in [2.24, 2.45) is 10.2 Å². The summed E-state index contributed by atoms with van der Waals surface area (Å²) in [6, 6.07) is 7.36. The number of hydrogen-bond donors (Lipinski definition) is 2. The number of aromatic nitrogens is 1. The number of amidine groups is 1. The van der Waals surface area contributed by atoms with E-state index >= 15 is 0 Å². The number of methoxy groups -OCH3 is 1. The number of thioether (sulfide) groups is 1. The fraction of sp³-hybridized carbons (Fsp3) is 0.167. The van der Waals surface area contributed by atoms with Gasteiger partial charge in [-0.3, -0.25) is 10.1 Å². The van der Waals surface area contributed by atoms with Gasteiger partial charge in [-0.25, -0.2) is 9.78 Å². The van der Waals surface area contributed by atoms with Crippen LogP contribution in [0.3, 0.4) is 0 Å². The van der Waals surface area contributed by atoms with E-state index in [4.69, 9.17) is 11.6 Å². The van der Waals surface area contributed by atoms with Gasteiger partial charge in [0.2, 0.25) is 0 Å². The van der Waals surface area contributed by atoms with Crippen LogP contribution >= 0.6 is 34.7 Å². The highest BCUT2D eigenvalue weighted by atomic mass is 35.5. The fourth-order valence-electron chi connectivity index (χ4n) is 2.28. The molecule has 1 aromatic carbocycles. The Morgan fingerprint density at radius 2 is 2.21 bits per heavy atom. The van der Waals surface area contributed by atoms with E-state index in [0.717, 1.165) is 34.1 Å². The number of hydrogen-bond acceptors (Lipinski definition) is 9. The largest absolute Gasteiger partial charge is 0.466 e. The second kappa shape index (κ2) is 9.21. The summed E-state index contributed by atoms with van der Waals surface area (Å²) in [4.78, 5) is 28.7. The molecule has 1 aliphatic rings. The Kier molecular flexibility index (Phi) is 6.68. The van der Waals surface area contributed by atoms with E-state index in [9.17, 15) is 9.59 Å². The minimum Gasteiger partial charge on any atom is -0.466 e. The lowest BCUT2D eigenvalue weighted by atomic mass is 10.3. The number of anilines is 2. The average molecular weight is 450 g/mol. The number of nitrogens with one attached hydrogen (secondary N) is 2. The van der Waals surface area contributed by atoms with E-state index in [-0.39, 0.29) is 10.1 Å². The first-order valence-corrected chi connectivity index (χ1v) is 10.3. The monoisotopic (exact) mass is 449 g/mol. The summed E-state index contributed by atoms with van der Waals surface area (Å²) in [5.41, 5.74) is 2.28. The molecule has 0 bridgehead atoms. The van der Waals surface area contributed by atoms with E-state index in [1.807, 2.05) is 25.1 Å². The van der Waals surface area contributed by atoms with Crippen molar-refractivity contribution in [3.63, 3.8) is 0 Å². The highest BCUT2D eigenvalue weighted by molar-refractivity contribution is 8.18. The van der Waals surface area contributed by atoms with Gasteiger partial charge in [0.15, 0.2) is 10.3 Å². The molecule has 2 aromatic rings. The van der Waals surface area contributed by atoms with E-state index in [0.29, 0.717) is 15.9 Å². The molecule has 1 amide bonds. The predicted molar refractivity (Wildman–Crippen MR) is 117 cm³/mol. The van der Waals surface area contributed by atoms with Crippen molar-refractivity contribution in [1.29, 1.82) is 0 Å². The number of rotatable bonds is 5. The summed E-state index contributed by atoms with van der Waals surface area (Å²) in [6.07, 6.45) is 1.11. The number of carbonyl (C=O) groups excluding carboxylic acids is 2. The molecule has 1 fully saturated rings. The molecule has 3 rings (SSSR count). The lowest BCUT2D eigenvalue weighted by Gasteiger charge is -2.01. The van der Waals surface area contributed by atoms with Gasteiger partial charge in [-0.2, -0.15) is 5.10 Å². The van der Waals surface area contributed by atoms with Crippen molar-refractivity contribution in [2.45, 2.75) is 13.8 Å². The van der Waals surface area contributed by atoms with E-state index in [1.165, 1.54) is 18.4 Å². The number of halogens is 1. The number of thiazole rings is 1. The predicted octanol–water partition coefficient (Wildman–Crippen LogP) is 3.85. The Hall–Kier alpha value is -2.69. The molecule has 1 aliphatic heterocycles. The lowest BCUT2D eigenvalue weighted by Crippen LogP contribution is -2.19. The molecule has 8 nitrogen and oxygen atoms in total. The van der Waals surface area contributed by atoms with Crippen molar-refractivity contribution < 1.29 is 14.3 Å². The van der Waals surface area contributed by atoms with Gasteiger partial charge in [-0.15, -0.1) is 5.10 Å². The molecular weight excluding hydrogens is 434 g/mol. The highest BCUT2D eigenvalue weighted by Crippen LogP contribution is 2.28. The number of carbonyl (C=O) groups is 2. The minimum absolute atomic E-state index is 0.199. The van der Waals surface area contributed by atoms with E-state index in [2.05, 4.69) is 30.6 Å². The Bertz CT molecular complexity index is 1060. The first-order valence-electron chi connectivity index (χ1n) is 8.27. The third-order valence-corrected chi connectivity index (χ3v) is 5.91. The molecule has 0 saturated carbocycles. The summed E-state index contributed by atoms with van der Waals surface area (Å²) in [5, 5.41) is 15.6. The van der Waals surface area contributed by atoms with Crippen LogP contribution in [0.1, 0.15) is 17.5 Å². The molecule has 1 aromatic heterocycles. The number of ether oxygens (including phenoxy) is 1. The number of aryl methyl sites for hydroxylation is 1. The molecule has 0 radical (unpaired) electrons. The van der Waals surface area contributed by atoms with E-state index < -0.39 is 11.9 Å². The fourth-order valence-corrected chi connectivity index (χ4v) is 4.13. The Labute approximate surface area is 180 Å². The van der Waals surface area contributed by atoms with Crippen LogP contribution in [0.4, 0.5) is 10.8 Å². The summed E-state index contributed by atoms with van der Waals surface area (Å²) < 4.78 is 4.52. The molecule has 150 valence electrons. The summed E-state index contributed by atoms with van der Waals surface area (Å²) in [7, 11) is 1.24. The molecule has 0 unspecified atom stereocenters. The molecule has 11 heteroatoms. The zero-order valence-electron chi connectivity index (χ0n) is 15.6. The maximum Gasteiger partial charge on any atom is 0.331 e. The Balaban J connectivity index is 1.74. The molecular formula is C18H16ClN5O3S2. The summed E-state index contributed by atoms with van der Waals surface area (Å²) in [6.45, 7) is 3.69. The summed E-state index contributed by atoms with van der Waals surface area (Å²) >= 11 is 8.45. The third kappa shape index (κ3) is 5.43. The van der Waals surface area contributed by atoms with Crippen molar-refractivity contribution in [2.75, 3.05) is 12.4 Å². The van der Waals surface area contributed by atoms with Gasteiger partial charge in [0.1, 0.15) is 0 Å². The molecule has 1 saturated heterocycles. The first kappa shape index (κ1) is 21.0. The van der Waals surface area contributed by atoms with Crippen molar-refractivity contribution in [3.8, 4) is 0 Å². The molecule has 0 spiro atoms. The van der Waals surface area contributed by atoms with Crippen LogP contribution in [0.2, 0.25) is 5.02 Å². The second-order valence-corrected chi connectivity index (χ2v) is 8.21. The zero-order chi connectivity index (χ0) is 21.0. The number of benzene rings is 1. The van der Waals surface area contributed by atoms with Gasteiger partial charge in [0, 0.05) is 16.8 Å². The van der Waals surface area contributed by atoms with Crippen molar-refractivity contribution in [3.05, 3.63) is 50.8 Å². The van der Waals surface area contributed by atoms with Crippen LogP contribution < -0.4 is 10.6 Å². The van der Waals surface area contributed by atoms with Crippen LogP contribution in [0.5, 0.6) is 0 Å². The van der Waals surface area contributed by atoms with Gasteiger partial charge in [-0.1, -0.05) is 29.0 Å². The number of amides is 1. The van der Waals surface area contributed by atoms with Gasteiger partial charge in [0.05, 0.1) is 28.3 Å². The van der Waals surface area contributed by atoms with E-state index in [1.54, 1.807) is 13.0 Å². The molecule has 0 atom stereocenters. The van der Waals surface area contributed by atoms with Crippen molar-refractivity contribution >= 4 is 68.3 Å². The third-order valence-electron chi connectivity index (χ3n) is 3.59. The SMILES string of the molecule is COC(=O)/C=C1/S/C(=N/N=C(\C)c2sc(Nc3cccc(Cl)c3)nc2C)NC1=O. The van der Waals surface area contributed by atoms with Crippen LogP contribution in [0.15, 0.2) is 45.4 Å². The normalized spacial score (nSPS) is 17.0. The molecule has 2 heterocycles. The van der Waals surface area contributed by atoms with Gasteiger partial charge < -0.3 is 10.1 Å². The highest BCUT2D eigenvalue weighted by Gasteiger charge is 2.25. The van der Waals surface area contributed by atoms with Crippen LogP contribution in [0.25, 0.3) is 0 Å². The Morgan fingerprint density at radius 3 is 2.93 bits per heavy atom. The maximum atomic E-state index is 11.8. The average Bonchev–Trinajstić information content (AvgIpc) is 3.21. The minimum atomic E-state index is -0.608. The van der Waals surface area contributed by atoms with Gasteiger partial charge in [-0.05, 0) is 43.8 Å². The first-order chi connectivity index (χ1) is 13.9. The molecule has 0 aliphatic carbocycles. The zero-order valence-corrected chi connectivity index (χ0v) is 18.0. The summed E-state index contributed by atoms with van der Waals surface area (Å²) in [5.74, 6) is -1.03. The number of nitrogens with zero attached hydrogens (tertiary/aromatic N) is 3. The van der Waals surface area contributed by atoms with Crippen molar-refractivity contribution in [1.82, 2.24) is 10.3 Å². The quantitative estimate of drug-likeness (QED) is 0.311. The van der Waals surface area contributed by atoms with Crippen LogP contribution in [0, 0.1) is 6.92 Å². The standard InChI is InChI=1S/C18H16ClN5O3S2/c1-9-15(29-17(20-9)21-12-6-4-5-11(19)7-12)10(2)23-24-18-22-16(26)13(28-18)8-14(25)27-3/h4-8H,1-3H3,(H,20,21)(H,22,24,26)/b13-8+,23-10+. The van der Waals surface area contributed by atoms with Crippen LogP contribution in [-0.2, 0) is 14.3 Å². The van der Waals surface area contributed by atoms with Crippen LogP contribution in [-0.4, -0.2) is 34.8 Å². The topological polar surface area (TPSA) is 105 Å². The smallest absolute Gasteiger partial charge is 0.331 e. The molecule has 2 N–H and O–H groups in total. The van der Waals surface area contributed by atoms with Gasteiger partial charge >= 0.3 is 5.97 Å². The Morgan fingerprint density at radius 1 is 1.41 bits per heavy atom. The number of esters is 1.